The highest BCUT2D eigenvalue weighted by atomic mass is 16.2. The molecule has 0 fully saturated rings. The van der Waals surface area contributed by atoms with Crippen molar-refractivity contribution in [2.24, 2.45) is 0 Å². The SMILES string of the molecule is O=C1CCC=CCCC(=O)Nc2cccc(c2)-c2ccnc(n2)Nc2cccc(c2)N1. The van der Waals surface area contributed by atoms with E-state index in [2.05, 4.69) is 25.9 Å². The number of allylic oxidation sites excluding steroid dienone is 2. The average Bonchev–Trinajstić information content (AvgIpc) is 2.76. The van der Waals surface area contributed by atoms with Gasteiger partial charge < -0.3 is 16.0 Å². The zero-order chi connectivity index (χ0) is 21.5. The van der Waals surface area contributed by atoms with Gasteiger partial charge in [0.05, 0.1) is 5.69 Å². The van der Waals surface area contributed by atoms with Crippen molar-refractivity contribution in [3.05, 3.63) is 72.9 Å². The van der Waals surface area contributed by atoms with Gasteiger partial charge in [-0.25, -0.2) is 9.97 Å². The van der Waals surface area contributed by atoms with Crippen LogP contribution in [0.15, 0.2) is 72.9 Å². The zero-order valence-electron chi connectivity index (χ0n) is 17.0. The number of fused-ring (bicyclic) bond motifs is 7. The predicted octanol–water partition coefficient (Wildman–Crippen LogP) is 4.89. The molecule has 2 heterocycles. The number of aromatic nitrogens is 2. The van der Waals surface area contributed by atoms with Crippen LogP contribution in [0.5, 0.6) is 0 Å². The lowest BCUT2D eigenvalue weighted by atomic mass is 10.1. The summed E-state index contributed by atoms with van der Waals surface area (Å²) < 4.78 is 0. The average molecular weight is 413 g/mol. The minimum absolute atomic E-state index is 0.0579. The minimum Gasteiger partial charge on any atom is -0.326 e. The van der Waals surface area contributed by atoms with Gasteiger partial charge in [-0.3, -0.25) is 9.59 Å². The first-order chi connectivity index (χ1) is 15.2. The van der Waals surface area contributed by atoms with E-state index in [0.717, 1.165) is 22.6 Å². The van der Waals surface area contributed by atoms with Crippen LogP contribution < -0.4 is 16.0 Å². The molecule has 31 heavy (non-hydrogen) atoms. The van der Waals surface area contributed by atoms with Crippen molar-refractivity contribution in [2.75, 3.05) is 16.0 Å². The molecule has 2 amide bonds. The van der Waals surface area contributed by atoms with Gasteiger partial charge in [0, 0.05) is 41.7 Å². The molecular weight excluding hydrogens is 390 g/mol. The Kier molecular flexibility index (Phi) is 6.32. The smallest absolute Gasteiger partial charge is 0.227 e. The standard InChI is InChI=1S/C24H23N5O2/c30-22-11-3-1-2-4-12-23(31)27-19-9-6-10-20(16-19)28-24-25-14-13-21(29-24)17-7-5-8-18(15-17)26-22/h1-2,5-10,13-16H,3-4,11-12H2,(H,26,30)(H,27,31)(H,25,28,29). The molecule has 6 bridgehead atoms. The minimum atomic E-state index is -0.0642. The first-order valence-electron chi connectivity index (χ1n) is 10.2. The number of amides is 2. The summed E-state index contributed by atoms with van der Waals surface area (Å²) in [4.78, 5) is 33.3. The van der Waals surface area contributed by atoms with Crippen molar-refractivity contribution in [2.45, 2.75) is 25.7 Å². The Morgan fingerprint density at radius 2 is 1.32 bits per heavy atom. The highest BCUT2D eigenvalue weighted by Gasteiger charge is 2.08. The fourth-order valence-electron chi connectivity index (χ4n) is 3.25. The molecule has 0 radical (unpaired) electrons. The summed E-state index contributed by atoms with van der Waals surface area (Å²) >= 11 is 0. The quantitative estimate of drug-likeness (QED) is 0.456. The summed E-state index contributed by atoms with van der Waals surface area (Å²) in [6.45, 7) is 0. The summed E-state index contributed by atoms with van der Waals surface area (Å²) in [6, 6.07) is 16.8. The molecule has 0 aliphatic carbocycles. The number of hydrogen-bond acceptors (Lipinski definition) is 5. The number of carbonyl (C=O) groups is 2. The van der Waals surface area contributed by atoms with Crippen LogP contribution in [-0.4, -0.2) is 21.8 Å². The van der Waals surface area contributed by atoms with Crippen LogP contribution in [-0.2, 0) is 9.59 Å². The predicted molar refractivity (Wildman–Crippen MR) is 122 cm³/mol. The number of hydrogen-bond donors (Lipinski definition) is 3. The highest BCUT2D eigenvalue weighted by Crippen LogP contribution is 2.24. The first kappa shape index (κ1) is 20.3. The largest absolute Gasteiger partial charge is 0.326 e. The molecule has 3 aromatic rings. The Balaban J connectivity index is 1.64. The Morgan fingerprint density at radius 3 is 2.03 bits per heavy atom. The van der Waals surface area contributed by atoms with E-state index in [1.807, 2.05) is 66.7 Å². The van der Waals surface area contributed by atoms with Gasteiger partial charge >= 0.3 is 0 Å². The molecule has 1 aliphatic rings. The maximum atomic E-state index is 12.2. The van der Waals surface area contributed by atoms with E-state index in [4.69, 9.17) is 0 Å². The van der Waals surface area contributed by atoms with E-state index in [1.54, 1.807) is 6.20 Å². The van der Waals surface area contributed by atoms with Gasteiger partial charge in [-0.15, -0.1) is 0 Å². The topological polar surface area (TPSA) is 96.0 Å². The van der Waals surface area contributed by atoms with E-state index in [0.29, 0.717) is 37.3 Å². The Morgan fingerprint density at radius 1 is 0.710 bits per heavy atom. The molecule has 1 aromatic heterocycles. The van der Waals surface area contributed by atoms with Crippen LogP contribution in [0.25, 0.3) is 11.3 Å². The van der Waals surface area contributed by atoms with Gasteiger partial charge in [0.25, 0.3) is 0 Å². The van der Waals surface area contributed by atoms with Gasteiger partial charge in [0.1, 0.15) is 0 Å². The van der Waals surface area contributed by atoms with Crippen LogP contribution in [0.4, 0.5) is 23.0 Å². The number of benzene rings is 2. The van der Waals surface area contributed by atoms with Crippen molar-refractivity contribution >= 4 is 34.8 Å². The van der Waals surface area contributed by atoms with Gasteiger partial charge in [0.2, 0.25) is 17.8 Å². The van der Waals surface area contributed by atoms with Crippen molar-refractivity contribution in [1.29, 1.82) is 0 Å². The lowest BCUT2D eigenvalue weighted by Gasteiger charge is -2.10. The van der Waals surface area contributed by atoms with E-state index in [1.165, 1.54) is 0 Å². The second-order valence-corrected chi connectivity index (χ2v) is 7.20. The summed E-state index contributed by atoms with van der Waals surface area (Å²) in [5, 5.41) is 9.01. The molecule has 3 N–H and O–H groups in total. The zero-order valence-corrected chi connectivity index (χ0v) is 17.0. The molecule has 1 aliphatic heterocycles. The summed E-state index contributed by atoms with van der Waals surface area (Å²) in [5.74, 6) is 0.318. The van der Waals surface area contributed by atoms with Gasteiger partial charge in [0.15, 0.2) is 0 Å². The molecule has 7 heteroatoms. The summed E-state index contributed by atoms with van der Waals surface area (Å²) in [6.07, 6.45) is 7.55. The summed E-state index contributed by atoms with van der Waals surface area (Å²) in [7, 11) is 0. The Hall–Kier alpha value is -4.00. The molecule has 0 unspecified atom stereocenters. The maximum Gasteiger partial charge on any atom is 0.227 e. The van der Waals surface area contributed by atoms with Crippen LogP contribution >= 0.6 is 0 Å². The van der Waals surface area contributed by atoms with Crippen molar-refractivity contribution < 1.29 is 9.59 Å². The van der Waals surface area contributed by atoms with E-state index < -0.39 is 0 Å². The molecule has 0 atom stereocenters. The molecule has 2 aromatic carbocycles. The molecule has 0 saturated carbocycles. The van der Waals surface area contributed by atoms with Gasteiger partial charge in [-0.1, -0.05) is 30.4 Å². The lowest BCUT2D eigenvalue weighted by molar-refractivity contribution is -0.117. The van der Waals surface area contributed by atoms with Gasteiger partial charge in [-0.2, -0.15) is 0 Å². The number of rotatable bonds is 0. The Labute approximate surface area is 180 Å². The third-order valence-electron chi connectivity index (χ3n) is 4.74. The third-order valence-corrected chi connectivity index (χ3v) is 4.74. The van der Waals surface area contributed by atoms with E-state index >= 15 is 0 Å². The van der Waals surface area contributed by atoms with Crippen molar-refractivity contribution in [3.63, 3.8) is 0 Å². The second-order valence-electron chi connectivity index (χ2n) is 7.20. The number of anilines is 4. The third kappa shape index (κ3) is 5.76. The fraction of sp³-hybridized carbons (Fsp3) is 0.167. The van der Waals surface area contributed by atoms with E-state index in [9.17, 15) is 9.59 Å². The molecule has 7 nitrogen and oxygen atoms in total. The molecule has 156 valence electrons. The van der Waals surface area contributed by atoms with Crippen molar-refractivity contribution in [3.8, 4) is 11.3 Å². The van der Waals surface area contributed by atoms with Crippen LogP contribution in [0.1, 0.15) is 25.7 Å². The second kappa shape index (κ2) is 9.67. The normalized spacial score (nSPS) is 14.7. The van der Waals surface area contributed by atoms with E-state index in [-0.39, 0.29) is 11.8 Å². The van der Waals surface area contributed by atoms with Crippen LogP contribution in [0.2, 0.25) is 0 Å². The first-order valence-corrected chi connectivity index (χ1v) is 10.2. The van der Waals surface area contributed by atoms with Crippen LogP contribution in [0, 0.1) is 0 Å². The monoisotopic (exact) mass is 413 g/mol. The molecule has 0 saturated heterocycles. The number of carbonyl (C=O) groups excluding carboxylic acids is 2. The fourth-order valence-corrected chi connectivity index (χ4v) is 3.25. The lowest BCUT2D eigenvalue weighted by Crippen LogP contribution is -2.11. The Bertz CT molecular complexity index is 1130. The van der Waals surface area contributed by atoms with Gasteiger partial charge in [-0.05, 0) is 49.2 Å². The number of nitrogens with one attached hydrogen (secondary N) is 3. The molecule has 4 rings (SSSR count). The highest BCUT2D eigenvalue weighted by molar-refractivity contribution is 5.92. The number of nitrogens with zero attached hydrogens (tertiary/aromatic N) is 2. The maximum absolute atomic E-state index is 12.2. The molecule has 0 spiro atoms. The van der Waals surface area contributed by atoms with Crippen LogP contribution in [0.3, 0.4) is 0 Å². The molecular formula is C24H23N5O2. The summed E-state index contributed by atoms with van der Waals surface area (Å²) in [5.41, 5.74) is 3.80. The van der Waals surface area contributed by atoms with Crippen molar-refractivity contribution in [1.82, 2.24) is 9.97 Å².